The van der Waals surface area contributed by atoms with Crippen molar-refractivity contribution in [3.8, 4) is 0 Å². The first-order chi connectivity index (χ1) is 12.9. The number of rotatable bonds is 3. The molecule has 3 rings (SSSR count). The molecule has 1 aromatic carbocycles. The number of alkyl halides is 3. The molecule has 0 saturated carbocycles. The van der Waals surface area contributed by atoms with E-state index >= 15 is 0 Å². The first kappa shape index (κ1) is 22.5. The van der Waals surface area contributed by atoms with Crippen molar-refractivity contribution >= 4 is 23.5 Å². The van der Waals surface area contributed by atoms with Gasteiger partial charge in [-0.2, -0.15) is 13.2 Å². The quantitative estimate of drug-likeness (QED) is 0.810. The van der Waals surface area contributed by atoms with Crippen LogP contribution < -0.4 is 0 Å². The van der Waals surface area contributed by atoms with Gasteiger partial charge in [0.05, 0.1) is 0 Å². The lowest BCUT2D eigenvalue weighted by molar-refractivity contribution is -0.192. The highest BCUT2D eigenvalue weighted by molar-refractivity contribution is 6.30. The second-order valence-electron chi connectivity index (χ2n) is 7.74. The Balaban J connectivity index is 0.000000345. The van der Waals surface area contributed by atoms with Crippen molar-refractivity contribution in [3.63, 3.8) is 0 Å². The Labute approximate surface area is 167 Å². The van der Waals surface area contributed by atoms with E-state index in [0.717, 1.165) is 44.2 Å². The zero-order chi connectivity index (χ0) is 21.1. The molecule has 0 aromatic heterocycles. The Morgan fingerprint density at radius 1 is 1.18 bits per heavy atom. The molecule has 0 atom stereocenters. The summed E-state index contributed by atoms with van der Waals surface area (Å²) in [6.07, 6.45) is -3.93. The topological polar surface area (TPSA) is 60.9 Å². The summed E-state index contributed by atoms with van der Waals surface area (Å²) in [6.45, 7) is 9.06. The summed E-state index contributed by atoms with van der Waals surface area (Å²) in [6, 6.07) is 8.09. The highest BCUT2D eigenvalue weighted by Gasteiger charge is 2.48. The SMILES string of the molecule is CC(C)C(=O)N1CCC2(CN(Cc3ccc(Cl)cc3)C2)C1.O=C(O)C(F)(F)F. The van der Waals surface area contributed by atoms with E-state index in [1.807, 2.05) is 26.0 Å². The summed E-state index contributed by atoms with van der Waals surface area (Å²) in [7, 11) is 0. The maximum Gasteiger partial charge on any atom is 0.490 e. The predicted molar refractivity (Wildman–Crippen MR) is 98.9 cm³/mol. The van der Waals surface area contributed by atoms with Crippen LogP contribution in [-0.2, 0) is 16.1 Å². The van der Waals surface area contributed by atoms with Crippen molar-refractivity contribution in [3.05, 3.63) is 34.9 Å². The van der Waals surface area contributed by atoms with Crippen LogP contribution in [0.5, 0.6) is 0 Å². The molecule has 1 spiro atoms. The second kappa shape index (κ2) is 8.69. The highest BCUT2D eigenvalue weighted by atomic mass is 35.5. The van der Waals surface area contributed by atoms with Crippen LogP contribution in [0, 0.1) is 11.3 Å². The number of hydrogen-bond acceptors (Lipinski definition) is 3. The lowest BCUT2D eigenvalue weighted by Gasteiger charge is -2.48. The molecule has 5 nitrogen and oxygen atoms in total. The van der Waals surface area contributed by atoms with E-state index in [4.69, 9.17) is 21.5 Å². The van der Waals surface area contributed by atoms with Gasteiger partial charge in [0.25, 0.3) is 0 Å². The van der Waals surface area contributed by atoms with Gasteiger partial charge in [0.1, 0.15) is 0 Å². The van der Waals surface area contributed by atoms with Gasteiger partial charge in [0.15, 0.2) is 0 Å². The standard InChI is InChI=1S/C17H23ClN2O.C2HF3O2/c1-13(2)16(21)20-8-7-17(12-20)10-19(11-17)9-14-3-5-15(18)6-4-14;3-2(4,5)1(6)7/h3-6,13H,7-12H2,1-2H3;(H,6,7). The summed E-state index contributed by atoms with van der Waals surface area (Å²) < 4.78 is 31.7. The van der Waals surface area contributed by atoms with Gasteiger partial charge in [-0.1, -0.05) is 37.6 Å². The summed E-state index contributed by atoms with van der Waals surface area (Å²) in [5.74, 6) is -2.33. The minimum Gasteiger partial charge on any atom is -0.475 e. The third-order valence-electron chi connectivity index (χ3n) is 4.92. The molecule has 1 amide bonds. The molecule has 2 fully saturated rings. The van der Waals surface area contributed by atoms with Gasteiger partial charge >= 0.3 is 12.1 Å². The Morgan fingerprint density at radius 3 is 2.18 bits per heavy atom. The molecule has 0 radical (unpaired) electrons. The smallest absolute Gasteiger partial charge is 0.475 e. The molecule has 1 N–H and O–H groups in total. The lowest BCUT2D eigenvalue weighted by atomic mass is 9.79. The number of benzene rings is 1. The molecule has 9 heteroatoms. The van der Waals surface area contributed by atoms with Crippen LogP contribution in [0.2, 0.25) is 5.02 Å². The Kier molecular flexibility index (Phi) is 6.98. The largest absolute Gasteiger partial charge is 0.490 e. The van der Waals surface area contributed by atoms with Crippen molar-refractivity contribution in [1.29, 1.82) is 0 Å². The van der Waals surface area contributed by atoms with Crippen molar-refractivity contribution in [2.45, 2.75) is 33.0 Å². The summed E-state index contributed by atoms with van der Waals surface area (Å²) in [4.78, 5) is 25.5. The maximum atomic E-state index is 12.1. The lowest BCUT2D eigenvalue weighted by Crippen LogP contribution is -2.57. The summed E-state index contributed by atoms with van der Waals surface area (Å²) in [5.41, 5.74) is 1.67. The van der Waals surface area contributed by atoms with Gasteiger partial charge in [0.2, 0.25) is 5.91 Å². The molecule has 156 valence electrons. The predicted octanol–water partition coefficient (Wildman–Crippen LogP) is 3.66. The zero-order valence-corrected chi connectivity index (χ0v) is 16.6. The number of carbonyl (C=O) groups excluding carboxylic acids is 1. The normalized spacial score (nSPS) is 18.6. The molecule has 1 aromatic rings. The number of hydrogen-bond donors (Lipinski definition) is 1. The van der Waals surface area contributed by atoms with Crippen LogP contribution in [0.1, 0.15) is 25.8 Å². The average molecular weight is 421 g/mol. The van der Waals surface area contributed by atoms with Gasteiger partial charge in [-0.15, -0.1) is 0 Å². The van der Waals surface area contributed by atoms with Crippen molar-refractivity contribution in [1.82, 2.24) is 9.80 Å². The summed E-state index contributed by atoms with van der Waals surface area (Å²) >= 11 is 5.91. The van der Waals surface area contributed by atoms with Crippen LogP contribution in [0.15, 0.2) is 24.3 Å². The molecule has 28 heavy (non-hydrogen) atoms. The molecule has 0 unspecified atom stereocenters. The molecular formula is C19H24ClF3N2O3. The third-order valence-corrected chi connectivity index (χ3v) is 5.18. The number of likely N-dealkylation sites (tertiary alicyclic amines) is 2. The molecule has 0 aliphatic carbocycles. The molecule has 2 heterocycles. The van der Waals surface area contributed by atoms with E-state index in [1.165, 1.54) is 5.56 Å². The number of amides is 1. The monoisotopic (exact) mass is 420 g/mol. The van der Waals surface area contributed by atoms with Gasteiger partial charge in [0, 0.05) is 49.1 Å². The molecular weight excluding hydrogens is 397 g/mol. The minimum atomic E-state index is -5.08. The highest BCUT2D eigenvalue weighted by Crippen LogP contribution is 2.40. The fourth-order valence-corrected chi connectivity index (χ4v) is 3.73. The fraction of sp³-hybridized carbons (Fsp3) is 0.579. The van der Waals surface area contributed by atoms with E-state index in [-0.39, 0.29) is 5.92 Å². The molecule has 2 aliphatic rings. The number of nitrogens with zero attached hydrogens (tertiary/aromatic N) is 2. The first-order valence-electron chi connectivity index (χ1n) is 8.98. The van der Waals surface area contributed by atoms with E-state index in [0.29, 0.717) is 11.3 Å². The van der Waals surface area contributed by atoms with Gasteiger partial charge < -0.3 is 10.0 Å². The van der Waals surface area contributed by atoms with Crippen LogP contribution in [0.25, 0.3) is 0 Å². The van der Waals surface area contributed by atoms with E-state index in [9.17, 15) is 18.0 Å². The van der Waals surface area contributed by atoms with Crippen LogP contribution in [0.4, 0.5) is 13.2 Å². The maximum absolute atomic E-state index is 12.1. The number of carboxylic acid groups (broad SMARTS) is 1. The number of halogens is 4. The number of carboxylic acids is 1. The van der Waals surface area contributed by atoms with Gasteiger partial charge in [-0.3, -0.25) is 9.69 Å². The van der Waals surface area contributed by atoms with Crippen molar-refractivity contribution in [2.75, 3.05) is 26.2 Å². The minimum absolute atomic E-state index is 0.116. The average Bonchev–Trinajstić information content (AvgIpc) is 3.00. The fourth-order valence-electron chi connectivity index (χ4n) is 3.61. The number of carbonyl (C=O) groups is 2. The third kappa shape index (κ3) is 5.85. The van der Waals surface area contributed by atoms with Crippen molar-refractivity contribution in [2.24, 2.45) is 11.3 Å². The van der Waals surface area contributed by atoms with Crippen LogP contribution in [0.3, 0.4) is 0 Å². The summed E-state index contributed by atoms with van der Waals surface area (Å²) in [5, 5.41) is 7.91. The Hall–Kier alpha value is -1.80. The Bertz CT molecular complexity index is 701. The molecule has 0 bridgehead atoms. The van der Waals surface area contributed by atoms with Crippen LogP contribution in [-0.4, -0.2) is 59.1 Å². The number of aliphatic carboxylic acids is 1. The molecule has 2 saturated heterocycles. The first-order valence-corrected chi connectivity index (χ1v) is 9.35. The van der Waals surface area contributed by atoms with E-state index in [2.05, 4.69) is 21.9 Å². The van der Waals surface area contributed by atoms with Gasteiger partial charge in [-0.05, 0) is 24.1 Å². The second-order valence-corrected chi connectivity index (χ2v) is 8.18. The molecule has 2 aliphatic heterocycles. The van der Waals surface area contributed by atoms with E-state index < -0.39 is 12.1 Å². The van der Waals surface area contributed by atoms with Gasteiger partial charge in [-0.25, -0.2) is 4.79 Å². The van der Waals surface area contributed by atoms with Crippen LogP contribution >= 0.6 is 11.6 Å². The van der Waals surface area contributed by atoms with Crippen molar-refractivity contribution < 1.29 is 27.9 Å². The Morgan fingerprint density at radius 2 is 1.71 bits per heavy atom. The van der Waals surface area contributed by atoms with E-state index in [1.54, 1.807) is 0 Å². The zero-order valence-electron chi connectivity index (χ0n) is 15.8.